The van der Waals surface area contributed by atoms with Crippen LogP contribution in [0.25, 0.3) is 0 Å². The van der Waals surface area contributed by atoms with Crippen LogP contribution in [0.5, 0.6) is 0 Å². The Labute approximate surface area is 329 Å². The molecule has 0 unspecified atom stereocenters. The van der Waals surface area contributed by atoms with Crippen LogP contribution in [-0.2, 0) is 123 Å². The van der Waals surface area contributed by atoms with Gasteiger partial charge in [-0.3, -0.25) is 42.3 Å². The third-order valence-electron chi connectivity index (χ3n) is 0. The predicted molar refractivity (Wildman–Crippen MR) is 114 cm³/mol. The van der Waals surface area contributed by atoms with Gasteiger partial charge in [-0.25, -0.2) is 0 Å². The molecular weight excluding hydrogens is 1910 g/mol. The first kappa shape index (κ1) is 190. The average molecular weight is 1940 g/mol. The average Bonchev–Trinajstić information content (AvgIpc) is 2.33. The van der Waals surface area contributed by atoms with Crippen molar-refractivity contribution in [2.75, 3.05) is 0 Å². The van der Waals surface area contributed by atoms with Crippen LogP contribution in [0.15, 0.2) is 0 Å². The minimum absolute atomic E-state index is 0. The molecule has 0 aromatic carbocycles. The molecule has 20 heteroatoms. The molecule has 0 aliphatic rings. The number of nitrogens with two attached hydrogens (primary N) is 6. The van der Waals surface area contributed by atoms with Gasteiger partial charge in [0.1, 0.15) is 0 Å². The zero-order chi connectivity index (χ0) is 12.0. The van der Waals surface area contributed by atoms with Gasteiger partial charge in [-0.05, 0) is 0 Å². The molecule has 0 aromatic heterocycles. The Morgan fingerprint density at radius 2 is 0.192 bits per heavy atom. The van der Waals surface area contributed by atoms with Crippen LogP contribution < -0.4 is 34.4 Å². The molecule has 6 nitrogen and oxygen atoms in total. The molecule has 0 amide bonds. The van der Waals surface area contributed by atoms with E-state index in [1.54, 1.807) is 0 Å². The van der Waals surface area contributed by atoms with Gasteiger partial charge in [0.25, 0.3) is 0 Å². The minimum atomic E-state index is 0. The van der Waals surface area contributed by atoms with Gasteiger partial charge in [-0.15, -0.1) is 0 Å². The summed E-state index contributed by atoms with van der Waals surface area (Å²) in [5.41, 5.74) is 25.5. The van der Waals surface area contributed by atoms with Crippen molar-refractivity contribution in [1.82, 2.24) is 0 Å². The van der Waals surface area contributed by atoms with Crippen molar-refractivity contribution >= 4 is 137 Å². The van der Waals surface area contributed by atoms with Crippen molar-refractivity contribution < 1.29 is 123 Å². The van der Waals surface area contributed by atoms with Crippen LogP contribution in [0.2, 0.25) is 0 Å². The summed E-state index contributed by atoms with van der Waals surface area (Å²) >= 11 is 0. The second kappa shape index (κ2) is 537. The molecule has 0 bridgehead atoms. The molecule has 12 N–H and O–H groups in total. The molecule has 0 rings (SSSR count). The van der Waals surface area contributed by atoms with Crippen LogP contribution >= 0.6 is 0 Å². The topological polar surface area (TPSA) is 156 Å². The molecule has 0 heterocycles. The van der Waals surface area contributed by atoms with Gasteiger partial charge in [0.05, 0.1) is 0 Å². The first-order chi connectivity index (χ1) is 6.00. The van der Waals surface area contributed by atoms with Gasteiger partial charge in [0.15, 0.2) is 0 Å². The van der Waals surface area contributed by atoms with Gasteiger partial charge >= 0.3 is 137 Å². The summed E-state index contributed by atoms with van der Waals surface area (Å²) in [6.07, 6.45) is 0. The summed E-state index contributed by atoms with van der Waals surface area (Å²) in [5.74, 6) is 0. The van der Waals surface area contributed by atoms with Crippen LogP contribution in [0.4, 0.5) is 0 Å². The van der Waals surface area contributed by atoms with Gasteiger partial charge < -0.3 is 34.4 Å². The van der Waals surface area contributed by atoms with E-state index in [0.29, 0.717) is 0 Å². The van der Waals surface area contributed by atoms with Gasteiger partial charge in [-0.2, -0.15) is 0 Å². The van der Waals surface area contributed by atoms with E-state index in [1.807, 2.05) is 0 Å². The maximum atomic E-state index is 4.25. The molecule has 26 heavy (non-hydrogen) atoms. The Hall–Kier alpha value is 7.89. The van der Waals surface area contributed by atoms with Crippen LogP contribution in [0.3, 0.4) is 0 Å². The van der Waals surface area contributed by atoms with E-state index in [2.05, 4.69) is 76.7 Å². The molecule has 0 fully saturated rings. The fourth-order valence-corrected chi connectivity index (χ4v) is 0. The van der Waals surface area contributed by atoms with E-state index in [-0.39, 0.29) is 259 Å². The number of hydrogen-bond donors (Lipinski definition) is 6. The van der Waals surface area contributed by atoms with Crippen molar-refractivity contribution in [3.63, 3.8) is 0 Å². The molecule has 0 spiro atoms. The second-order valence-electron chi connectivity index (χ2n) is 0. The maximum absolute atomic E-state index is 4.25. The van der Waals surface area contributed by atoms with Crippen molar-refractivity contribution in [2.24, 2.45) is 34.4 Å². The molecule has 0 saturated heterocycles. The Balaban J connectivity index is -0.000000000833. The first-order valence-electron chi connectivity index (χ1n) is 2.45. The fraction of sp³-hybridized carbons (Fsp3) is 0. The summed E-state index contributed by atoms with van der Waals surface area (Å²) in [6.45, 7) is 0. The summed E-state index contributed by atoms with van der Waals surface area (Å²) < 4.78 is 0. The third kappa shape index (κ3) is 489. The SMILES string of the molecule is [CH2-]N.[CH2-]N.[CH2-]N.[CH2-]N.[CH2-]N.[CH2-]N.[Re].[Re].[Re].[Re].[Re].[Re].[SeH].[SeH].[SeH].[SeH].[SeH].[SeH].[SeH].[SeH]. The molecule has 0 aliphatic heterocycles. The Kier molecular flexibility index (Phi) is 3930. The first-order valence-corrected chi connectivity index (χ1v) is 2.45. The third-order valence-corrected chi connectivity index (χ3v) is 0. The van der Waals surface area contributed by atoms with Crippen molar-refractivity contribution in [1.29, 1.82) is 0 Å². The fourth-order valence-electron chi connectivity index (χ4n) is 0. The molecule has 0 saturated carbocycles. The predicted octanol–water partition coefficient (Wildman–Crippen LogP) is -6.78. The molecule has 0 aromatic rings. The van der Waals surface area contributed by atoms with E-state index in [1.165, 1.54) is 0 Å². The molecule has 0 aliphatic carbocycles. The van der Waals surface area contributed by atoms with Gasteiger partial charge in [0.2, 0.25) is 0 Å². The van der Waals surface area contributed by atoms with Crippen molar-refractivity contribution in [3.05, 3.63) is 42.3 Å². The summed E-state index contributed by atoms with van der Waals surface area (Å²) in [6, 6.07) is 0. The standard InChI is InChI=1S/6CH4N.6Re.8HSe/c6*1-2;;;;;;;;;;;;;;/h6*1-2H2;;;;;;;8*1H/q6*-1;;;;;;;;;;;;;;. The Bertz CT molecular complexity index is 51.7. The monoisotopic (exact) mass is 1950 g/mol. The Morgan fingerprint density at radius 1 is 0.192 bits per heavy atom. The molecular formula is C6H32N6Re6Se8-6. The molecule has 182 valence electrons. The van der Waals surface area contributed by atoms with E-state index >= 15 is 0 Å². The zero-order valence-electron chi connectivity index (χ0n) is 13.6. The van der Waals surface area contributed by atoms with Gasteiger partial charge in [0, 0.05) is 123 Å². The molecule has 14 radical (unpaired) electrons. The quantitative estimate of drug-likeness (QED) is 0.105. The normalized spacial score (nSPS) is 1.38. The molecule has 0 atom stereocenters. The summed E-state index contributed by atoms with van der Waals surface area (Å²) in [4.78, 5) is 0. The summed E-state index contributed by atoms with van der Waals surface area (Å²) in [5, 5.41) is 0. The van der Waals surface area contributed by atoms with E-state index in [4.69, 9.17) is 0 Å². The zero-order valence-corrected chi connectivity index (χ0v) is 44.9. The van der Waals surface area contributed by atoms with Crippen LogP contribution in [0, 0.1) is 42.3 Å². The van der Waals surface area contributed by atoms with Crippen molar-refractivity contribution in [2.45, 2.75) is 0 Å². The number of rotatable bonds is 0. The Morgan fingerprint density at radius 3 is 0.192 bits per heavy atom. The van der Waals surface area contributed by atoms with E-state index in [0.717, 1.165) is 0 Å². The van der Waals surface area contributed by atoms with Crippen LogP contribution in [-0.4, -0.2) is 137 Å². The van der Waals surface area contributed by atoms with Crippen LogP contribution in [0.1, 0.15) is 0 Å². The van der Waals surface area contributed by atoms with E-state index < -0.39 is 0 Å². The number of hydrogen-bond acceptors (Lipinski definition) is 6. The second-order valence-corrected chi connectivity index (χ2v) is 0. The summed E-state index contributed by atoms with van der Waals surface area (Å²) in [7, 11) is 16.5. The van der Waals surface area contributed by atoms with Crippen molar-refractivity contribution in [3.8, 4) is 0 Å². The van der Waals surface area contributed by atoms with E-state index in [9.17, 15) is 0 Å². The van der Waals surface area contributed by atoms with Gasteiger partial charge in [-0.1, -0.05) is 0 Å².